The number of rotatable bonds is 6. The van der Waals surface area contributed by atoms with Crippen molar-refractivity contribution in [3.8, 4) is 0 Å². The van der Waals surface area contributed by atoms with Crippen LogP contribution in [0.15, 0.2) is 53.4 Å². The van der Waals surface area contributed by atoms with Crippen molar-refractivity contribution in [2.75, 3.05) is 6.54 Å². The van der Waals surface area contributed by atoms with Gasteiger partial charge in [0.25, 0.3) is 0 Å². The molecule has 0 aromatic heterocycles. The third kappa shape index (κ3) is 4.57. The van der Waals surface area contributed by atoms with Crippen LogP contribution in [0.3, 0.4) is 0 Å². The fourth-order valence-electron chi connectivity index (χ4n) is 3.21. The minimum absolute atomic E-state index is 0.0852. The number of carbonyl (C=O) groups is 1. The van der Waals surface area contributed by atoms with E-state index in [2.05, 4.69) is 60.0 Å². The van der Waals surface area contributed by atoms with Crippen molar-refractivity contribution >= 4 is 17.8 Å². The first-order valence-electron chi connectivity index (χ1n) is 9.13. The highest BCUT2D eigenvalue weighted by Crippen LogP contribution is 2.39. The number of hydrogen-bond donors (Lipinski definition) is 2. The lowest BCUT2D eigenvalue weighted by Crippen LogP contribution is -2.39. The molecule has 2 aromatic rings. The molecule has 1 aliphatic rings. The molecule has 2 aromatic carbocycles. The molecular weight excluding hydrogens is 328 g/mol. The predicted octanol–water partition coefficient (Wildman–Crippen LogP) is 5.26. The van der Waals surface area contributed by atoms with E-state index in [9.17, 15) is 4.79 Å². The molecule has 0 saturated carbocycles. The standard InChI is InChI=1S/C21H26N2OS/c1-2-3-4-9-14-22-21(24)23-20-17-11-6-5-10-16(17)15-25-19-13-8-7-12-18(19)20/h5-8,10-13,20H,2-4,9,14-15H2,1H3,(H2,22,23,24)/t20-/m0/s1. The average molecular weight is 355 g/mol. The van der Waals surface area contributed by atoms with Crippen LogP contribution >= 0.6 is 11.8 Å². The molecule has 0 spiro atoms. The average Bonchev–Trinajstić information content (AvgIpc) is 2.79. The summed E-state index contributed by atoms with van der Waals surface area (Å²) in [6.45, 7) is 2.93. The van der Waals surface area contributed by atoms with Gasteiger partial charge in [0.15, 0.2) is 0 Å². The zero-order valence-electron chi connectivity index (χ0n) is 14.8. The minimum Gasteiger partial charge on any atom is -0.338 e. The van der Waals surface area contributed by atoms with Gasteiger partial charge in [0.05, 0.1) is 6.04 Å². The van der Waals surface area contributed by atoms with Gasteiger partial charge in [-0.2, -0.15) is 0 Å². The molecule has 0 unspecified atom stereocenters. The largest absolute Gasteiger partial charge is 0.338 e. The van der Waals surface area contributed by atoms with Crippen molar-refractivity contribution < 1.29 is 4.79 Å². The normalized spacial score (nSPS) is 15.6. The lowest BCUT2D eigenvalue weighted by atomic mass is 9.95. The van der Waals surface area contributed by atoms with E-state index in [0.717, 1.165) is 18.7 Å². The SMILES string of the molecule is CCCCCCNC(=O)N[C@H]1c2ccccc2CSc2ccccc21. The quantitative estimate of drug-likeness (QED) is 0.695. The van der Waals surface area contributed by atoms with Gasteiger partial charge >= 0.3 is 6.03 Å². The van der Waals surface area contributed by atoms with Crippen molar-refractivity contribution in [1.29, 1.82) is 0 Å². The minimum atomic E-state index is -0.0990. The van der Waals surface area contributed by atoms with Crippen LogP contribution in [0.1, 0.15) is 55.3 Å². The lowest BCUT2D eigenvalue weighted by Gasteiger charge is -2.21. The predicted molar refractivity (Wildman–Crippen MR) is 105 cm³/mol. The molecule has 3 rings (SSSR count). The smallest absolute Gasteiger partial charge is 0.315 e. The highest BCUT2D eigenvalue weighted by molar-refractivity contribution is 7.98. The lowest BCUT2D eigenvalue weighted by molar-refractivity contribution is 0.238. The summed E-state index contributed by atoms with van der Waals surface area (Å²) in [5.74, 6) is 0.935. The Labute approximate surface area is 154 Å². The summed E-state index contributed by atoms with van der Waals surface area (Å²) in [7, 11) is 0. The van der Waals surface area contributed by atoms with E-state index in [1.54, 1.807) is 0 Å². The maximum Gasteiger partial charge on any atom is 0.315 e. The molecule has 3 nitrogen and oxygen atoms in total. The van der Waals surface area contributed by atoms with E-state index >= 15 is 0 Å². The number of nitrogens with one attached hydrogen (secondary N) is 2. The van der Waals surface area contributed by atoms with Crippen molar-refractivity contribution in [3.63, 3.8) is 0 Å². The summed E-state index contributed by atoms with van der Waals surface area (Å²) >= 11 is 1.84. The van der Waals surface area contributed by atoms with Crippen LogP contribution in [-0.4, -0.2) is 12.6 Å². The van der Waals surface area contributed by atoms with Crippen LogP contribution in [0.2, 0.25) is 0 Å². The Morgan fingerprint density at radius 1 is 1.04 bits per heavy atom. The van der Waals surface area contributed by atoms with Gasteiger partial charge in [0.2, 0.25) is 0 Å². The summed E-state index contributed by atoms with van der Waals surface area (Å²) in [5.41, 5.74) is 3.66. The van der Waals surface area contributed by atoms with Gasteiger partial charge in [-0.15, -0.1) is 11.8 Å². The van der Waals surface area contributed by atoms with E-state index in [4.69, 9.17) is 0 Å². The zero-order valence-corrected chi connectivity index (χ0v) is 15.6. The molecule has 1 aliphatic heterocycles. The maximum atomic E-state index is 12.4. The molecule has 1 heterocycles. The van der Waals surface area contributed by atoms with Crippen LogP contribution in [0.5, 0.6) is 0 Å². The molecule has 25 heavy (non-hydrogen) atoms. The monoisotopic (exact) mass is 354 g/mol. The van der Waals surface area contributed by atoms with Crippen LogP contribution in [0.4, 0.5) is 4.79 Å². The third-order valence-electron chi connectivity index (χ3n) is 4.57. The fourth-order valence-corrected chi connectivity index (χ4v) is 4.31. The summed E-state index contributed by atoms with van der Waals surface area (Å²) < 4.78 is 0. The molecule has 0 radical (unpaired) electrons. The van der Waals surface area contributed by atoms with Gasteiger partial charge < -0.3 is 10.6 Å². The van der Waals surface area contributed by atoms with E-state index in [0.29, 0.717) is 0 Å². The molecular formula is C21H26N2OS. The highest BCUT2D eigenvalue weighted by atomic mass is 32.2. The van der Waals surface area contributed by atoms with Gasteiger partial charge in [-0.05, 0) is 29.2 Å². The topological polar surface area (TPSA) is 41.1 Å². The second-order valence-electron chi connectivity index (χ2n) is 6.42. The second kappa shape index (κ2) is 8.95. The number of benzene rings is 2. The third-order valence-corrected chi connectivity index (χ3v) is 5.71. The maximum absolute atomic E-state index is 12.4. The van der Waals surface area contributed by atoms with Gasteiger partial charge in [-0.3, -0.25) is 0 Å². The molecule has 0 fully saturated rings. The number of thioether (sulfide) groups is 1. The molecule has 4 heteroatoms. The Balaban J connectivity index is 1.74. The Morgan fingerprint density at radius 3 is 2.64 bits per heavy atom. The summed E-state index contributed by atoms with van der Waals surface area (Å²) in [4.78, 5) is 13.7. The van der Waals surface area contributed by atoms with Crippen LogP contribution < -0.4 is 10.6 Å². The van der Waals surface area contributed by atoms with Crippen molar-refractivity contribution in [1.82, 2.24) is 10.6 Å². The Bertz CT molecular complexity index is 669. The van der Waals surface area contributed by atoms with Crippen molar-refractivity contribution in [2.45, 2.75) is 49.3 Å². The molecule has 0 saturated heterocycles. The van der Waals surface area contributed by atoms with Gasteiger partial charge in [-0.25, -0.2) is 4.79 Å². The molecule has 0 aliphatic carbocycles. The Morgan fingerprint density at radius 2 is 1.80 bits per heavy atom. The number of unbranched alkanes of at least 4 members (excludes halogenated alkanes) is 3. The van der Waals surface area contributed by atoms with E-state index in [1.807, 2.05) is 17.8 Å². The first kappa shape index (κ1) is 17.9. The number of hydrogen-bond acceptors (Lipinski definition) is 2. The molecule has 2 amide bonds. The Hall–Kier alpha value is -1.94. The Kier molecular flexibility index (Phi) is 6.40. The van der Waals surface area contributed by atoms with Gasteiger partial charge in [-0.1, -0.05) is 68.7 Å². The van der Waals surface area contributed by atoms with Crippen LogP contribution in [-0.2, 0) is 5.75 Å². The molecule has 2 N–H and O–H groups in total. The van der Waals surface area contributed by atoms with Gasteiger partial charge in [0, 0.05) is 17.2 Å². The number of carbonyl (C=O) groups excluding carboxylic acids is 1. The number of amides is 2. The first-order valence-corrected chi connectivity index (χ1v) is 10.1. The van der Waals surface area contributed by atoms with E-state index < -0.39 is 0 Å². The van der Waals surface area contributed by atoms with Crippen LogP contribution in [0.25, 0.3) is 0 Å². The van der Waals surface area contributed by atoms with E-state index in [-0.39, 0.29) is 12.1 Å². The fraction of sp³-hybridized carbons (Fsp3) is 0.381. The summed E-state index contributed by atoms with van der Waals surface area (Å²) in [5, 5.41) is 6.21. The van der Waals surface area contributed by atoms with Gasteiger partial charge in [0.1, 0.15) is 0 Å². The number of fused-ring (bicyclic) bond motifs is 2. The highest BCUT2D eigenvalue weighted by Gasteiger charge is 2.24. The summed E-state index contributed by atoms with van der Waals surface area (Å²) in [6.07, 6.45) is 4.64. The second-order valence-corrected chi connectivity index (χ2v) is 7.44. The molecule has 0 bridgehead atoms. The van der Waals surface area contributed by atoms with Crippen molar-refractivity contribution in [3.05, 3.63) is 65.2 Å². The number of urea groups is 1. The zero-order chi connectivity index (χ0) is 17.5. The molecule has 1 atom stereocenters. The van der Waals surface area contributed by atoms with Crippen molar-refractivity contribution in [2.24, 2.45) is 0 Å². The first-order chi connectivity index (χ1) is 12.3. The van der Waals surface area contributed by atoms with E-state index in [1.165, 1.54) is 40.8 Å². The summed E-state index contributed by atoms with van der Waals surface area (Å²) in [6, 6.07) is 16.6. The molecule has 132 valence electrons. The van der Waals surface area contributed by atoms with Crippen LogP contribution in [0, 0.1) is 0 Å².